The van der Waals surface area contributed by atoms with E-state index in [1.807, 2.05) is 6.92 Å². The molecule has 47 heavy (non-hydrogen) atoms. The highest BCUT2D eigenvalue weighted by molar-refractivity contribution is 5.88. The van der Waals surface area contributed by atoms with Crippen LogP contribution in [0.25, 0.3) is 0 Å². The molecule has 5 rings (SSSR count). The number of tetrazole rings is 1. The fourth-order valence-corrected chi connectivity index (χ4v) is 5.70. The first-order valence-electron chi connectivity index (χ1n) is 14.0. The Kier molecular flexibility index (Phi) is 8.85. The lowest BCUT2D eigenvalue weighted by Crippen LogP contribution is -2.43. The number of benzene rings is 3. The van der Waals surface area contributed by atoms with Crippen molar-refractivity contribution in [2.24, 2.45) is 7.05 Å². The Bertz CT molecular complexity index is 1720. The molecule has 250 valence electrons. The maximum atomic E-state index is 13.7. The molecule has 17 heteroatoms. The Labute approximate surface area is 261 Å². The Hall–Kier alpha value is -4.83. The number of aryl methyl sites for hydroxylation is 1. The van der Waals surface area contributed by atoms with E-state index in [9.17, 15) is 44.3 Å². The molecule has 8 nitrogen and oxygen atoms in total. The van der Waals surface area contributed by atoms with Crippen LogP contribution >= 0.6 is 0 Å². The third-order valence-corrected chi connectivity index (χ3v) is 7.64. The fraction of sp³-hybridized carbons (Fsp3) is 0.333. The second-order valence-electron chi connectivity index (χ2n) is 10.7. The molecule has 0 bridgehead atoms. The van der Waals surface area contributed by atoms with Gasteiger partial charge in [0.05, 0.1) is 29.9 Å². The number of hydrogen-bond donors (Lipinski definition) is 0. The Morgan fingerprint density at radius 1 is 0.915 bits per heavy atom. The van der Waals surface area contributed by atoms with Crippen molar-refractivity contribution in [1.82, 2.24) is 20.2 Å². The Morgan fingerprint density at radius 3 is 2.13 bits per heavy atom. The van der Waals surface area contributed by atoms with Gasteiger partial charge in [0.25, 0.3) is 5.95 Å². The summed E-state index contributed by atoms with van der Waals surface area (Å²) < 4.78 is 127. The maximum absolute atomic E-state index is 13.7. The molecule has 4 aromatic rings. The lowest BCUT2D eigenvalue weighted by molar-refractivity contribution is -0.274. The lowest BCUT2D eigenvalue weighted by Gasteiger charge is -2.45. The highest BCUT2D eigenvalue weighted by Crippen LogP contribution is 2.48. The van der Waals surface area contributed by atoms with Gasteiger partial charge in [-0.2, -0.15) is 31.1 Å². The van der Waals surface area contributed by atoms with Crippen LogP contribution < -0.4 is 14.5 Å². The summed E-state index contributed by atoms with van der Waals surface area (Å²) in [5.74, 6) is -0.821. The normalized spacial score (nSPS) is 17.0. The first-order chi connectivity index (χ1) is 22.0. The van der Waals surface area contributed by atoms with Crippen molar-refractivity contribution in [3.05, 3.63) is 88.5 Å². The third kappa shape index (κ3) is 7.28. The number of fused-ring (bicyclic) bond motifs is 1. The van der Waals surface area contributed by atoms with Crippen LogP contribution in [-0.2, 0) is 25.9 Å². The van der Waals surface area contributed by atoms with Crippen LogP contribution in [0.4, 0.5) is 56.8 Å². The maximum Gasteiger partial charge on any atom is 0.573 e. The predicted octanol–water partition coefficient (Wildman–Crippen LogP) is 8.03. The molecule has 0 saturated carbocycles. The van der Waals surface area contributed by atoms with E-state index >= 15 is 0 Å². The number of carbonyl (C=O) groups excluding carboxylic acids is 1. The van der Waals surface area contributed by atoms with Crippen molar-refractivity contribution >= 4 is 23.6 Å². The number of aromatic nitrogens is 4. The van der Waals surface area contributed by atoms with Gasteiger partial charge in [0.2, 0.25) is 0 Å². The van der Waals surface area contributed by atoms with E-state index in [-0.39, 0.29) is 29.6 Å². The third-order valence-electron chi connectivity index (χ3n) is 7.64. The SMILES string of the molecule is CCC1CC(N(Cc2cc(C(F)(F)F)cc(C(F)(F)F)c2)c2nnn(C)n2)c2cc(OC(F)(F)F)ccc2N1c1ccccc1C=O. The van der Waals surface area contributed by atoms with Crippen molar-refractivity contribution in [2.75, 3.05) is 9.80 Å². The van der Waals surface area contributed by atoms with Gasteiger partial charge in [0.15, 0.2) is 6.29 Å². The van der Waals surface area contributed by atoms with Crippen molar-refractivity contribution in [3.8, 4) is 5.75 Å². The number of alkyl halides is 9. The molecule has 0 fully saturated rings. The second kappa shape index (κ2) is 12.4. The summed E-state index contributed by atoms with van der Waals surface area (Å²) in [7, 11) is 1.39. The van der Waals surface area contributed by atoms with Crippen LogP contribution in [0.1, 0.15) is 58.4 Å². The molecule has 0 N–H and O–H groups in total. The number of ether oxygens (including phenoxy) is 1. The van der Waals surface area contributed by atoms with Gasteiger partial charge in [0, 0.05) is 29.4 Å². The quantitative estimate of drug-likeness (QED) is 0.139. The van der Waals surface area contributed by atoms with Gasteiger partial charge in [-0.1, -0.05) is 24.2 Å². The minimum Gasteiger partial charge on any atom is -0.406 e. The molecule has 3 aromatic carbocycles. The zero-order valence-corrected chi connectivity index (χ0v) is 24.5. The monoisotopic (exact) mass is 672 g/mol. The molecule has 2 atom stereocenters. The summed E-state index contributed by atoms with van der Waals surface area (Å²) in [6.45, 7) is 1.20. The molecule has 0 amide bonds. The topological polar surface area (TPSA) is 76.4 Å². The van der Waals surface area contributed by atoms with Crippen LogP contribution in [0.15, 0.2) is 60.7 Å². The first-order valence-corrected chi connectivity index (χ1v) is 14.0. The highest BCUT2D eigenvalue weighted by Gasteiger charge is 2.41. The number of hydrogen-bond acceptors (Lipinski definition) is 7. The van der Waals surface area contributed by atoms with Crippen LogP contribution in [0, 0.1) is 0 Å². The number of carbonyl (C=O) groups is 1. The van der Waals surface area contributed by atoms with E-state index < -0.39 is 59.8 Å². The van der Waals surface area contributed by atoms with Crippen molar-refractivity contribution in [3.63, 3.8) is 0 Å². The van der Waals surface area contributed by atoms with Crippen LogP contribution in [0.5, 0.6) is 5.75 Å². The van der Waals surface area contributed by atoms with Gasteiger partial charge in [0.1, 0.15) is 5.75 Å². The summed E-state index contributed by atoms with van der Waals surface area (Å²) in [6.07, 6.45) is -14.2. The summed E-state index contributed by atoms with van der Waals surface area (Å²) in [4.78, 5) is 16.1. The molecule has 0 saturated heterocycles. The lowest BCUT2D eigenvalue weighted by atomic mass is 9.87. The van der Waals surface area contributed by atoms with E-state index in [0.29, 0.717) is 36.2 Å². The van der Waals surface area contributed by atoms with Gasteiger partial charge in [-0.25, -0.2) is 0 Å². The minimum absolute atomic E-state index is 0.000541. The van der Waals surface area contributed by atoms with E-state index in [0.717, 1.165) is 16.9 Å². The molecule has 1 aromatic heterocycles. The van der Waals surface area contributed by atoms with Gasteiger partial charge < -0.3 is 14.5 Å². The molecule has 1 aliphatic rings. The van der Waals surface area contributed by atoms with E-state index in [4.69, 9.17) is 0 Å². The largest absolute Gasteiger partial charge is 0.573 e. The van der Waals surface area contributed by atoms with Crippen molar-refractivity contribution in [1.29, 1.82) is 0 Å². The number of halogens is 9. The molecule has 2 heterocycles. The van der Waals surface area contributed by atoms with Crippen LogP contribution in [0.3, 0.4) is 0 Å². The fourth-order valence-electron chi connectivity index (χ4n) is 5.70. The van der Waals surface area contributed by atoms with E-state index in [1.165, 1.54) is 18.0 Å². The average molecular weight is 673 g/mol. The van der Waals surface area contributed by atoms with Crippen molar-refractivity contribution < 1.29 is 49.0 Å². The second-order valence-corrected chi connectivity index (χ2v) is 10.7. The van der Waals surface area contributed by atoms with Crippen LogP contribution in [0.2, 0.25) is 0 Å². The zero-order valence-electron chi connectivity index (χ0n) is 24.5. The average Bonchev–Trinajstić information content (AvgIpc) is 3.43. The zero-order chi connectivity index (χ0) is 34.3. The van der Waals surface area contributed by atoms with Crippen LogP contribution in [-0.4, -0.2) is 38.9 Å². The molecular weight excluding hydrogens is 647 g/mol. The summed E-state index contributed by atoms with van der Waals surface area (Å²) >= 11 is 0. The number of rotatable bonds is 8. The number of anilines is 3. The summed E-state index contributed by atoms with van der Waals surface area (Å²) in [6, 6.07) is 9.68. The number of para-hydroxylation sites is 1. The summed E-state index contributed by atoms with van der Waals surface area (Å²) in [5, 5.41) is 11.9. The molecule has 0 spiro atoms. The van der Waals surface area contributed by atoms with Gasteiger partial charge in [-0.15, -0.1) is 18.3 Å². The Balaban J connectivity index is 1.72. The first kappa shape index (κ1) is 33.5. The van der Waals surface area contributed by atoms with Gasteiger partial charge in [-0.3, -0.25) is 4.79 Å². The molecular formula is C30H25F9N6O2. The Morgan fingerprint density at radius 2 is 1.57 bits per heavy atom. The van der Waals surface area contributed by atoms with E-state index in [2.05, 4.69) is 20.1 Å². The molecule has 2 unspecified atom stereocenters. The number of nitrogens with zero attached hydrogens (tertiary/aromatic N) is 6. The number of aldehydes is 1. The van der Waals surface area contributed by atoms with Crippen molar-refractivity contribution in [2.45, 2.75) is 57.1 Å². The standard InChI is InChI=1S/C30H25F9N6O2/c1-3-21-13-26(23-14-22(47-30(37,38)39)8-9-25(23)45(21)24-7-5-4-6-18(24)16-46)44(27-40-42-43(2)41-27)15-17-10-19(28(31,32)33)12-20(11-17)29(34,35)36/h4-12,14,16,21,26H,3,13,15H2,1-2H3. The molecule has 1 aliphatic heterocycles. The molecule has 0 aliphatic carbocycles. The van der Waals surface area contributed by atoms with E-state index in [1.54, 1.807) is 29.2 Å². The highest BCUT2D eigenvalue weighted by atomic mass is 19.4. The molecule has 0 radical (unpaired) electrons. The van der Waals surface area contributed by atoms with Gasteiger partial charge in [-0.05, 0) is 72.1 Å². The minimum atomic E-state index is -5.12. The summed E-state index contributed by atoms with van der Waals surface area (Å²) in [5.41, 5.74) is -2.29. The predicted molar refractivity (Wildman–Crippen MR) is 150 cm³/mol. The smallest absolute Gasteiger partial charge is 0.406 e. The van der Waals surface area contributed by atoms with Gasteiger partial charge >= 0.3 is 18.7 Å².